The van der Waals surface area contributed by atoms with E-state index in [0.717, 1.165) is 25.3 Å². The summed E-state index contributed by atoms with van der Waals surface area (Å²) in [6, 6.07) is 0.0263. The minimum absolute atomic E-state index is 0.0263. The standard InChI is InChI=1S/C14H23N5O3S.CH2O2/c1-18(11-4-8-23(21,22)10-11)7-3-13(20)17-12-9-16-19-6-2-5-15-14(12)19;2-1-3/h9,11,15H,2-8,10H2,1H3,(H,17,20);1H,(H,2,3). The van der Waals surface area contributed by atoms with Crippen molar-refractivity contribution < 1.29 is 23.1 Å². The number of amides is 1. The Morgan fingerprint density at radius 3 is 2.96 bits per heavy atom. The monoisotopic (exact) mass is 387 g/mol. The molecule has 1 fully saturated rings. The Kier molecular flexibility index (Phi) is 6.98. The van der Waals surface area contributed by atoms with Crippen LogP contribution in [0.2, 0.25) is 0 Å². The number of carboxylic acid groups (broad SMARTS) is 1. The second-order valence-corrected chi connectivity index (χ2v) is 8.58. The molecule has 0 aromatic carbocycles. The molecule has 0 spiro atoms. The number of carbonyl (C=O) groups is 2. The first-order valence-electron chi connectivity index (χ1n) is 8.44. The Bertz CT molecular complexity index is 733. The molecule has 2 aliphatic heterocycles. The van der Waals surface area contributed by atoms with Crippen molar-refractivity contribution in [1.82, 2.24) is 14.7 Å². The van der Waals surface area contributed by atoms with Crippen molar-refractivity contribution in [2.45, 2.75) is 31.8 Å². The first kappa shape index (κ1) is 20.2. The number of sulfone groups is 1. The molecule has 0 saturated carbocycles. The molecule has 3 rings (SSSR count). The number of rotatable bonds is 5. The first-order chi connectivity index (χ1) is 12.4. The van der Waals surface area contributed by atoms with Gasteiger partial charge in [-0.15, -0.1) is 0 Å². The Hall–Kier alpha value is -2.14. The zero-order valence-corrected chi connectivity index (χ0v) is 15.5. The van der Waals surface area contributed by atoms with Crippen LogP contribution in [0.4, 0.5) is 11.5 Å². The van der Waals surface area contributed by atoms with E-state index in [0.29, 0.717) is 25.1 Å². The summed E-state index contributed by atoms with van der Waals surface area (Å²) in [5, 5.41) is 17.3. The van der Waals surface area contributed by atoms with Gasteiger partial charge >= 0.3 is 0 Å². The molecular formula is C15H25N5O5S. The Balaban J connectivity index is 0.000000758. The maximum atomic E-state index is 12.1. The average molecular weight is 387 g/mol. The van der Waals surface area contributed by atoms with Crippen LogP contribution in [0.1, 0.15) is 19.3 Å². The van der Waals surface area contributed by atoms with Gasteiger partial charge in [-0.1, -0.05) is 0 Å². The van der Waals surface area contributed by atoms with E-state index in [1.54, 1.807) is 6.20 Å². The third-order valence-electron chi connectivity index (χ3n) is 4.48. The van der Waals surface area contributed by atoms with Gasteiger partial charge in [0.15, 0.2) is 9.84 Å². The molecule has 10 nitrogen and oxygen atoms in total. The van der Waals surface area contributed by atoms with Crippen LogP contribution in [-0.4, -0.2) is 78.3 Å². The molecule has 1 aromatic heterocycles. The lowest BCUT2D eigenvalue weighted by atomic mass is 10.2. The number of nitrogens with one attached hydrogen (secondary N) is 2. The van der Waals surface area contributed by atoms with Crippen LogP contribution in [-0.2, 0) is 26.0 Å². The number of carbonyl (C=O) groups excluding carboxylic acids is 1. The largest absolute Gasteiger partial charge is 0.483 e. The predicted molar refractivity (Wildman–Crippen MR) is 97.0 cm³/mol. The number of aryl methyl sites for hydroxylation is 1. The van der Waals surface area contributed by atoms with Crippen LogP contribution in [0.5, 0.6) is 0 Å². The van der Waals surface area contributed by atoms with Crippen molar-refractivity contribution in [3.8, 4) is 0 Å². The highest BCUT2D eigenvalue weighted by Gasteiger charge is 2.30. The molecule has 1 amide bonds. The number of anilines is 2. The summed E-state index contributed by atoms with van der Waals surface area (Å²) in [5.41, 5.74) is 0.709. The predicted octanol–water partition coefficient (Wildman–Crippen LogP) is -0.153. The summed E-state index contributed by atoms with van der Waals surface area (Å²) in [5.74, 6) is 1.23. The van der Waals surface area contributed by atoms with E-state index in [4.69, 9.17) is 9.90 Å². The quantitative estimate of drug-likeness (QED) is 0.594. The zero-order chi connectivity index (χ0) is 19.2. The molecule has 11 heteroatoms. The number of nitrogens with zero attached hydrogens (tertiary/aromatic N) is 3. The molecule has 2 aliphatic rings. The van der Waals surface area contributed by atoms with Crippen LogP contribution in [0.15, 0.2) is 6.20 Å². The molecule has 1 aromatic rings. The van der Waals surface area contributed by atoms with E-state index in [1.807, 2.05) is 16.6 Å². The third kappa shape index (κ3) is 5.43. The van der Waals surface area contributed by atoms with Gasteiger partial charge in [-0.25, -0.2) is 13.1 Å². The second kappa shape index (κ2) is 8.99. The Labute approximate surface area is 152 Å². The molecule has 1 atom stereocenters. The average Bonchev–Trinajstić information content (AvgIpc) is 3.17. The highest BCUT2D eigenvalue weighted by atomic mass is 32.2. The molecule has 0 bridgehead atoms. The van der Waals surface area contributed by atoms with Gasteiger partial charge < -0.3 is 20.6 Å². The smallest absolute Gasteiger partial charge is 0.290 e. The summed E-state index contributed by atoms with van der Waals surface area (Å²) < 4.78 is 24.9. The normalized spacial score (nSPS) is 20.5. The van der Waals surface area contributed by atoms with Gasteiger partial charge in [0.05, 0.1) is 17.7 Å². The lowest BCUT2D eigenvalue weighted by Gasteiger charge is -2.22. The maximum absolute atomic E-state index is 12.1. The topological polar surface area (TPSA) is 134 Å². The minimum atomic E-state index is -2.89. The molecule has 26 heavy (non-hydrogen) atoms. The van der Waals surface area contributed by atoms with Crippen molar-refractivity contribution in [2.24, 2.45) is 0 Å². The van der Waals surface area contributed by atoms with Crippen molar-refractivity contribution >= 4 is 33.7 Å². The molecular weight excluding hydrogens is 362 g/mol. The minimum Gasteiger partial charge on any atom is -0.483 e. The number of fused-ring (bicyclic) bond motifs is 1. The van der Waals surface area contributed by atoms with Crippen LogP contribution in [0.25, 0.3) is 0 Å². The summed E-state index contributed by atoms with van der Waals surface area (Å²) in [7, 11) is -1.01. The lowest BCUT2D eigenvalue weighted by molar-refractivity contribution is -0.123. The highest BCUT2D eigenvalue weighted by Crippen LogP contribution is 2.24. The zero-order valence-electron chi connectivity index (χ0n) is 14.7. The highest BCUT2D eigenvalue weighted by molar-refractivity contribution is 7.91. The molecule has 0 radical (unpaired) electrons. The molecule has 1 unspecified atom stereocenters. The van der Waals surface area contributed by atoms with E-state index < -0.39 is 9.84 Å². The maximum Gasteiger partial charge on any atom is 0.290 e. The molecule has 1 saturated heterocycles. The van der Waals surface area contributed by atoms with Crippen molar-refractivity contribution in [2.75, 3.05) is 42.3 Å². The molecule has 3 heterocycles. The second-order valence-electron chi connectivity index (χ2n) is 6.35. The number of aromatic nitrogens is 2. The Morgan fingerprint density at radius 2 is 2.31 bits per heavy atom. The van der Waals surface area contributed by atoms with E-state index in [-0.39, 0.29) is 29.9 Å². The fraction of sp³-hybridized carbons (Fsp3) is 0.667. The van der Waals surface area contributed by atoms with E-state index in [2.05, 4.69) is 15.7 Å². The fourth-order valence-corrected chi connectivity index (χ4v) is 4.87. The van der Waals surface area contributed by atoms with Crippen LogP contribution in [0.3, 0.4) is 0 Å². The summed E-state index contributed by atoms with van der Waals surface area (Å²) in [6.07, 6.45) is 3.68. The molecule has 146 valence electrons. The van der Waals surface area contributed by atoms with Gasteiger partial charge in [-0.2, -0.15) is 5.10 Å². The van der Waals surface area contributed by atoms with E-state index in [1.165, 1.54) is 0 Å². The summed E-state index contributed by atoms with van der Waals surface area (Å²) in [6.45, 7) is 2.04. The van der Waals surface area contributed by atoms with Gasteiger partial charge in [0.25, 0.3) is 6.47 Å². The molecule has 0 aliphatic carbocycles. The number of hydrogen-bond donors (Lipinski definition) is 3. The van der Waals surface area contributed by atoms with E-state index in [9.17, 15) is 13.2 Å². The number of hydrogen-bond acceptors (Lipinski definition) is 7. The molecule has 3 N–H and O–H groups in total. The fourth-order valence-electron chi connectivity index (χ4n) is 3.06. The lowest BCUT2D eigenvalue weighted by Crippen LogP contribution is -2.35. The van der Waals surface area contributed by atoms with E-state index >= 15 is 0 Å². The Morgan fingerprint density at radius 1 is 1.58 bits per heavy atom. The van der Waals surface area contributed by atoms with Gasteiger partial charge in [0.1, 0.15) is 11.5 Å². The van der Waals surface area contributed by atoms with Crippen molar-refractivity contribution in [1.29, 1.82) is 0 Å². The van der Waals surface area contributed by atoms with Crippen molar-refractivity contribution in [3.05, 3.63) is 6.20 Å². The van der Waals surface area contributed by atoms with Gasteiger partial charge in [-0.3, -0.25) is 9.59 Å². The first-order valence-corrected chi connectivity index (χ1v) is 10.3. The van der Waals surface area contributed by atoms with Crippen molar-refractivity contribution in [3.63, 3.8) is 0 Å². The summed E-state index contributed by atoms with van der Waals surface area (Å²) >= 11 is 0. The van der Waals surface area contributed by atoms with Gasteiger partial charge in [0, 0.05) is 32.1 Å². The van der Waals surface area contributed by atoms with Gasteiger partial charge in [-0.05, 0) is 19.9 Å². The third-order valence-corrected chi connectivity index (χ3v) is 6.23. The summed E-state index contributed by atoms with van der Waals surface area (Å²) in [4.78, 5) is 22.5. The van der Waals surface area contributed by atoms with Crippen LogP contribution >= 0.6 is 0 Å². The van der Waals surface area contributed by atoms with Crippen LogP contribution in [0, 0.1) is 0 Å². The van der Waals surface area contributed by atoms with Gasteiger partial charge in [0.2, 0.25) is 5.91 Å². The van der Waals surface area contributed by atoms with Crippen LogP contribution < -0.4 is 10.6 Å². The SMILES string of the molecule is CN(CCC(=O)Nc1cnn2c1NCCC2)C1CCS(=O)(=O)C1.O=CO.